The molecule has 124 valence electrons. The highest BCUT2D eigenvalue weighted by Crippen LogP contribution is 2.17. The summed E-state index contributed by atoms with van der Waals surface area (Å²) in [5.74, 6) is 0.421. The highest BCUT2D eigenvalue weighted by molar-refractivity contribution is 6.31. The van der Waals surface area contributed by atoms with Crippen molar-refractivity contribution in [2.24, 2.45) is 4.99 Å². The van der Waals surface area contributed by atoms with Crippen LogP contribution in [-0.4, -0.2) is 35.9 Å². The van der Waals surface area contributed by atoms with E-state index in [-0.39, 0.29) is 5.82 Å². The molecule has 0 amide bonds. The molecule has 0 aliphatic heterocycles. The molecule has 0 saturated heterocycles. The fourth-order valence-electron chi connectivity index (χ4n) is 2.14. The first-order chi connectivity index (χ1) is 11.2. The van der Waals surface area contributed by atoms with Gasteiger partial charge in [0.15, 0.2) is 5.96 Å². The van der Waals surface area contributed by atoms with E-state index in [0.29, 0.717) is 18.0 Å². The number of hydrogen-bond donors (Lipinski definition) is 2. The van der Waals surface area contributed by atoms with Gasteiger partial charge in [-0.05, 0) is 36.6 Å². The van der Waals surface area contributed by atoms with Crippen molar-refractivity contribution in [3.8, 4) is 0 Å². The van der Waals surface area contributed by atoms with Crippen LogP contribution in [-0.2, 0) is 13.0 Å². The fourth-order valence-corrected chi connectivity index (χ4v) is 2.40. The third kappa shape index (κ3) is 5.90. The number of benzene rings is 1. The summed E-state index contributed by atoms with van der Waals surface area (Å²) < 4.78 is 14.9. The molecule has 0 unspecified atom stereocenters. The van der Waals surface area contributed by atoms with Gasteiger partial charge < -0.3 is 10.6 Å². The Morgan fingerprint density at radius 3 is 2.87 bits per heavy atom. The molecule has 0 fully saturated rings. The maximum absolute atomic E-state index is 13.0. The van der Waals surface area contributed by atoms with E-state index in [1.54, 1.807) is 19.3 Å². The number of rotatable bonds is 7. The lowest BCUT2D eigenvalue weighted by Gasteiger charge is -2.12. The summed E-state index contributed by atoms with van der Waals surface area (Å²) in [6.07, 6.45) is 5.37. The highest BCUT2D eigenvalue weighted by atomic mass is 35.5. The zero-order valence-electron chi connectivity index (χ0n) is 13.1. The van der Waals surface area contributed by atoms with Crippen molar-refractivity contribution in [2.75, 3.05) is 20.1 Å². The van der Waals surface area contributed by atoms with E-state index in [1.165, 1.54) is 12.1 Å². The van der Waals surface area contributed by atoms with Crippen LogP contribution in [0.5, 0.6) is 0 Å². The van der Waals surface area contributed by atoms with E-state index in [4.69, 9.17) is 11.6 Å². The first-order valence-corrected chi connectivity index (χ1v) is 7.92. The summed E-state index contributed by atoms with van der Waals surface area (Å²) in [5, 5.41) is 11.1. The Morgan fingerprint density at radius 1 is 1.35 bits per heavy atom. The van der Waals surface area contributed by atoms with Gasteiger partial charge in [0.2, 0.25) is 0 Å². The van der Waals surface area contributed by atoms with Gasteiger partial charge in [0.25, 0.3) is 0 Å². The van der Waals surface area contributed by atoms with Gasteiger partial charge in [-0.2, -0.15) is 5.10 Å². The topological polar surface area (TPSA) is 54.2 Å². The Hall–Kier alpha value is -2.08. The van der Waals surface area contributed by atoms with Crippen molar-refractivity contribution in [3.05, 3.63) is 53.1 Å². The number of nitrogens with one attached hydrogen (secondary N) is 2. The first-order valence-electron chi connectivity index (χ1n) is 7.55. The molecule has 2 N–H and O–H groups in total. The second-order valence-corrected chi connectivity index (χ2v) is 5.44. The number of aliphatic imine (C=N–C) groups is 1. The summed E-state index contributed by atoms with van der Waals surface area (Å²) in [6, 6.07) is 6.37. The van der Waals surface area contributed by atoms with Crippen LogP contribution in [0.25, 0.3) is 0 Å². The van der Waals surface area contributed by atoms with Gasteiger partial charge in [-0.3, -0.25) is 9.67 Å². The van der Waals surface area contributed by atoms with E-state index >= 15 is 0 Å². The van der Waals surface area contributed by atoms with Gasteiger partial charge in [0.05, 0.1) is 0 Å². The smallest absolute Gasteiger partial charge is 0.190 e. The number of guanidine groups is 1. The zero-order valence-corrected chi connectivity index (χ0v) is 13.9. The van der Waals surface area contributed by atoms with E-state index in [2.05, 4.69) is 20.7 Å². The molecular formula is C16H21ClFN5. The van der Waals surface area contributed by atoms with Gasteiger partial charge in [0.1, 0.15) is 5.82 Å². The molecule has 0 bridgehead atoms. The quantitative estimate of drug-likeness (QED) is 0.463. The number of aromatic nitrogens is 2. The van der Waals surface area contributed by atoms with Crippen molar-refractivity contribution in [2.45, 2.75) is 19.4 Å². The maximum atomic E-state index is 13.0. The van der Waals surface area contributed by atoms with Gasteiger partial charge >= 0.3 is 0 Å². The minimum atomic E-state index is -0.318. The molecule has 0 spiro atoms. The van der Waals surface area contributed by atoms with E-state index in [1.807, 2.05) is 16.9 Å². The Kier molecular flexibility index (Phi) is 6.87. The van der Waals surface area contributed by atoms with Crippen molar-refractivity contribution in [1.29, 1.82) is 0 Å². The lowest BCUT2D eigenvalue weighted by atomic mass is 10.1. The van der Waals surface area contributed by atoms with Crippen molar-refractivity contribution in [3.63, 3.8) is 0 Å². The lowest BCUT2D eigenvalue weighted by Crippen LogP contribution is -2.39. The van der Waals surface area contributed by atoms with Gasteiger partial charge in [0, 0.05) is 44.1 Å². The predicted molar refractivity (Wildman–Crippen MR) is 91.3 cm³/mol. The molecule has 0 radical (unpaired) electrons. The van der Waals surface area contributed by atoms with Crippen LogP contribution in [0.4, 0.5) is 4.39 Å². The van der Waals surface area contributed by atoms with Crippen LogP contribution < -0.4 is 10.6 Å². The average Bonchev–Trinajstić information content (AvgIpc) is 3.05. The Balaban J connectivity index is 1.66. The second-order valence-electron chi connectivity index (χ2n) is 5.03. The SMILES string of the molecule is CN=C(NCCCn1cccn1)NCCc1ccc(F)cc1Cl. The Morgan fingerprint density at radius 2 is 2.17 bits per heavy atom. The molecule has 7 heteroatoms. The molecule has 2 rings (SSSR count). The van der Waals surface area contributed by atoms with E-state index in [0.717, 1.165) is 31.0 Å². The molecular weight excluding hydrogens is 317 g/mol. The summed E-state index contributed by atoms with van der Waals surface area (Å²) in [6.45, 7) is 2.34. The molecule has 23 heavy (non-hydrogen) atoms. The minimum absolute atomic E-state index is 0.318. The molecule has 1 heterocycles. The highest BCUT2D eigenvalue weighted by Gasteiger charge is 2.03. The largest absolute Gasteiger partial charge is 0.356 e. The van der Waals surface area contributed by atoms with Gasteiger partial charge in [-0.25, -0.2) is 4.39 Å². The third-order valence-corrected chi connectivity index (χ3v) is 3.69. The third-order valence-electron chi connectivity index (χ3n) is 3.34. The predicted octanol–water partition coefficient (Wildman–Crippen LogP) is 2.47. The van der Waals surface area contributed by atoms with Crippen molar-refractivity contribution >= 4 is 17.6 Å². The lowest BCUT2D eigenvalue weighted by molar-refractivity contribution is 0.570. The number of aryl methyl sites for hydroxylation is 1. The summed E-state index contributed by atoms with van der Waals surface area (Å²) in [5.41, 5.74) is 0.912. The van der Waals surface area contributed by atoms with Gasteiger partial charge in [-0.1, -0.05) is 17.7 Å². The van der Waals surface area contributed by atoms with Crippen LogP contribution >= 0.6 is 11.6 Å². The van der Waals surface area contributed by atoms with E-state index < -0.39 is 0 Å². The zero-order chi connectivity index (χ0) is 16.5. The standard InChI is InChI=1S/C16H21ClFN5/c1-19-16(20-7-2-10-23-11-3-8-22-23)21-9-6-13-4-5-14(18)12-15(13)17/h3-5,8,11-12H,2,6-7,9-10H2,1H3,(H2,19,20,21). The number of nitrogens with zero attached hydrogens (tertiary/aromatic N) is 3. The normalized spacial score (nSPS) is 11.5. The molecule has 2 aromatic rings. The van der Waals surface area contributed by atoms with Crippen LogP contribution in [0.2, 0.25) is 5.02 Å². The fraction of sp³-hybridized carbons (Fsp3) is 0.375. The van der Waals surface area contributed by atoms with Crippen LogP contribution in [0.1, 0.15) is 12.0 Å². The van der Waals surface area contributed by atoms with Gasteiger partial charge in [-0.15, -0.1) is 0 Å². The molecule has 0 aliphatic rings. The summed E-state index contributed by atoms with van der Waals surface area (Å²) in [4.78, 5) is 4.17. The molecule has 0 aliphatic carbocycles. The van der Waals surface area contributed by atoms with Crippen molar-refractivity contribution < 1.29 is 4.39 Å². The first kappa shape index (κ1) is 17.3. The number of halogens is 2. The Bertz CT molecular complexity index is 627. The molecule has 5 nitrogen and oxygen atoms in total. The summed E-state index contributed by atoms with van der Waals surface area (Å²) in [7, 11) is 1.73. The van der Waals surface area contributed by atoms with Crippen LogP contribution in [0, 0.1) is 5.82 Å². The maximum Gasteiger partial charge on any atom is 0.190 e. The van der Waals surface area contributed by atoms with Crippen molar-refractivity contribution in [1.82, 2.24) is 20.4 Å². The second kappa shape index (κ2) is 9.15. The molecule has 0 saturated carbocycles. The molecule has 1 aromatic carbocycles. The average molecular weight is 338 g/mol. The minimum Gasteiger partial charge on any atom is -0.356 e. The Labute approximate surface area is 140 Å². The van der Waals surface area contributed by atoms with Crippen LogP contribution in [0.3, 0.4) is 0 Å². The number of hydrogen-bond acceptors (Lipinski definition) is 2. The van der Waals surface area contributed by atoms with Crippen LogP contribution in [0.15, 0.2) is 41.7 Å². The van der Waals surface area contributed by atoms with E-state index in [9.17, 15) is 4.39 Å². The monoisotopic (exact) mass is 337 g/mol. The summed E-state index contributed by atoms with van der Waals surface area (Å²) >= 11 is 6.01. The molecule has 1 aromatic heterocycles. The molecule has 0 atom stereocenters.